The van der Waals surface area contributed by atoms with E-state index in [-0.39, 0.29) is 12.5 Å². The number of nitrogens with zero attached hydrogens (tertiary/aromatic N) is 2. The van der Waals surface area contributed by atoms with E-state index < -0.39 is 0 Å². The standard InChI is InChI=1S/C22H21ClN2O2/c1-2-17-10-12-19(13-11-17)27-16-22(26)25(21-9-5-6-14-24-21)15-18-7-3-4-8-20(18)23/h3-14H,2,15-16H2,1H3. The summed E-state index contributed by atoms with van der Waals surface area (Å²) in [4.78, 5) is 18.8. The van der Waals surface area contributed by atoms with Gasteiger partial charge in [0.05, 0.1) is 6.54 Å². The highest BCUT2D eigenvalue weighted by Gasteiger charge is 2.19. The number of pyridine rings is 1. The zero-order chi connectivity index (χ0) is 19.1. The molecule has 0 saturated heterocycles. The summed E-state index contributed by atoms with van der Waals surface area (Å²) in [6.45, 7) is 2.35. The summed E-state index contributed by atoms with van der Waals surface area (Å²) in [5, 5.41) is 0.613. The van der Waals surface area contributed by atoms with Crippen LogP contribution in [-0.2, 0) is 17.8 Å². The summed E-state index contributed by atoms with van der Waals surface area (Å²) in [5.41, 5.74) is 2.08. The molecule has 0 aliphatic carbocycles. The maximum atomic E-state index is 12.9. The van der Waals surface area contributed by atoms with E-state index in [1.807, 2.05) is 60.7 Å². The third kappa shape index (κ3) is 5.08. The molecule has 138 valence electrons. The van der Waals surface area contributed by atoms with Gasteiger partial charge < -0.3 is 4.74 Å². The smallest absolute Gasteiger partial charge is 0.266 e. The van der Waals surface area contributed by atoms with Gasteiger partial charge in [-0.15, -0.1) is 0 Å². The molecule has 0 spiro atoms. The largest absolute Gasteiger partial charge is 0.484 e. The van der Waals surface area contributed by atoms with Crippen LogP contribution in [0.25, 0.3) is 0 Å². The number of hydrogen-bond donors (Lipinski definition) is 0. The number of aromatic nitrogens is 1. The van der Waals surface area contributed by atoms with Gasteiger partial charge in [-0.3, -0.25) is 9.69 Å². The Morgan fingerprint density at radius 2 is 1.78 bits per heavy atom. The number of amides is 1. The molecule has 0 aliphatic heterocycles. The molecule has 5 heteroatoms. The van der Waals surface area contributed by atoms with Crippen molar-refractivity contribution in [3.05, 3.63) is 89.1 Å². The van der Waals surface area contributed by atoms with Crippen LogP contribution in [0.5, 0.6) is 5.75 Å². The van der Waals surface area contributed by atoms with Crippen LogP contribution in [0.4, 0.5) is 5.82 Å². The normalized spacial score (nSPS) is 10.4. The van der Waals surface area contributed by atoms with Crippen molar-refractivity contribution in [2.75, 3.05) is 11.5 Å². The molecule has 1 amide bonds. The molecule has 27 heavy (non-hydrogen) atoms. The molecule has 2 aromatic carbocycles. The predicted molar refractivity (Wildman–Crippen MR) is 108 cm³/mol. The third-order valence-electron chi connectivity index (χ3n) is 4.21. The first-order valence-electron chi connectivity index (χ1n) is 8.84. The van der Waals surface area contributed by atoms with E-state index in [9.17, 15) is 4.79 Å². The van der Waals surface area contributed by atoms with E-state index in [0.29, 0.717) is 23.1 Å². The van der Waals surface area contributed by atoms with Crippen molar-refractivity contribution in [3.63, 3.8) is 0 Å². The van der Waals surface area contributed by atoms with E-state index >= 15 is 0 Å². The molecule has 0 bridgehead atoms. The lowest BCUT2D eigenvalue weighted by molar-refractivity contribution is -0.120. The van der Waals surface area contributed by atoms with E-state index in [2.05, 4.69) is 11.9 Å². The minimum atomic E-state index is -0.187. The van der Waals surface area contributed by atoms with Gasteiger partial charge >= 0.3 is 0 Å². The lowest BCUT2D eigenvalue weighted by atomic mass is 10.2. The predicted octanol–water partition coefficient (Wildman–Crippen LogP) is 4.91. The lowest BCUT2D eigenvalue weighted by Crippen LogP contribution is -2.35. The number of hydrogen-bond acceptors (Lipinski definition) is 3. The highest BCUT2D eigenvalue weighted by atomic mass is 35.5. The number of anilines is 1. The zero-order valence-electron chi connectivity index (χ0n) is 15.1. The molecule has 0 radical (unpaired) electrons. The van der Waals surface area contributed by atoms with E-state index in [4.69, 9.17) is 16.3 Å². The monoisotopic (exact) mass is 380 g/mol. The van der Waals surface area contributed by atoms with Crippen LogP contribution in [0.1, 0.15) is 18.1 Å². The maximum Gasteiger partial charge on any atom is 0.266 e. The Labute approximate surface area is 164 Å². The minimum absolute atomic E-state index is 0.0769. The molecule has 3 aromatic rings. The molecule has 1 aromatic heterocycles. The van der Waals surface area contributed by atoms with Gasteiger partial charge in [0.1, 0.15) is 11.6 Å². The summed E-state index contributed by atoms with van der Waals surface area (Å²) in [6.07, 6.45) is 2.62. The minimum Gasteiger partial charge on any atom is -0.484 e. The average molecular weight is 381 g/mol. The summed E-state index contributed by atoms with van der Waals surface area (Å²) < 4.78 is 5.69. The van der Waals surface area contributed by atoms with Gasteiger partial charge in [-0.1, -0.05) is 54.9 Å². The fourth-order valence-corrected chi connectivity index (χ4v) is 2.85. The summed E-state index contributed by atoms with van der Waals surface area (Å²) in [6, 6.07) is 20.7. The van der Waals surface area contributed by atoms with Crippen molar-refractivity contribution in [1.82, 2.24) is 4.98 Å². The quantitative estimate of drug-likeness (QED) is 0.584. The van der Waals surface area contributed by atoms with Gasteiger partial charge in [-0.25, -0.2) is 4.98 Å². The van der Waals surface area contributed by atoms with Crippen LogP contribution >= 0.6 is 11.6 Å². The molecule has 0 unspecified atom stereocenters. The Morgan fingerprint density at radius 3 is 2.44 bits per heavy atom. The van der Waals surface area contributed by atoms with Crippen molar-refractivity contribution < 1.29 is 9.53 Å². The van der Waals surface area contributed by atoms with E-state index in [0.717, 1.165) is 12.0 Å². The van der Waals surface area contributed by atoms with Crippen LogP contribution in [-0.4, -0.2) is 17.5 Å². The second-order valence-corrected chi connectivity index (χ2v) is 6.45. The van der Waals surface area contributed by atoms with Crippen molar-refractivity contribution in [1.29, 1.82) is 0 Å². The second kappa shape index (κ2) is 9.19. The second-order valence-electron chi connectivity index (χ2n) is 6.05. The number of halogens is 1. The zero-order valence-corrected chi connectivity index (χ0v) is 15.9. The molecule has 0 N–H and O–H groups in total. The number of rotatable bonds is 7. The van der Waals surface area contributed by atoms with Crippen LogP contribution in [0, 0.1) is 0 Å². The van der Waals surface area contributed by atoms with Crippen molar-refractivity contribution >= 4 is 23.3 Å². The maximum absolute atomic E-state index is 12.9. The third-order valence-corrected chi connectivity index (χ3v) is 4.58. The Bertz CT molecular complexity index is 882. The van der Waals surface area contributed by atoms with Crippen LogP contribution in [0.15, 0.2) is 72.9 Å². The van der Waals surface area contributed by atoms with Crippen LogP contribution < -0.4 is 9.64 Å². The van der Waals surface area contributed by atoms with Crippen LogP contribution in [0.2, 0.25) is 5.02 Å². The Hall–Kier alpha value is -2.85. The lowest BCUT2D eigenvalue weighted by Gasteiger charge is -2.22. The molecule has 3 rings (SSSR count). The molecule has 0 fully saturated rings. The molecule has 0 aliphatic rings. The summed E-state index contributed by atoms with van der Waals surface area (Å²) >= 11 is 6.27. The van der Waals surface area contributed by atoms with Crippen LogP contribution in [0.3, 0.4) is 0 Å². The van der Waals surface area contributed by atoms with Gasteiger partial charge in [0.2, 0.25) is 0 Å². The number of carbonyl (C=O) groups excluding carboxylic acids is 1. The fourth-order valence-electron chi connectivity index (χ4n) is 2.65. The molecule has 0 saturated carbocycles. The van der Waals surface area contributed by atoms with E-state index in [1.165, 1.54) is 5.56 Å². The Kier molecular flexibility index (Phi) is 6.44. The van der Waals surface area contributed by atoms with Crippen molar-refractivity contribution in [3.8, 4) is 5.75 Å². The summed E-state index contributed by atoms with van der Waals surface area (Å²) in [7, 11) is 0. The number of carbonyl (C=O) groups is 1. The SMILES string of the molecule is CCc1ccc(OCC(=O)N(Cc2ccccc2Cl)c2ccccn2)cc1. The molecule has 1 heterocycles. The summed E-state index contributed by atoms with van der Waals surface area (Å²) in [5.74, 6) is 1.04. The van der Waals surface area contributed by atoms with Crippen molar-refractivity contribution in [2.45, 2.75) is 19.9 Å². The Balaban J connectivity index is 1.75. The highest BCUT2D eigenvalue weighted by molar-refractivity contribution is 6.31. The highest BCUT2D eigenvalue weighted by Crippen LogP contribution is 2.21. The van der Waals surface area contributed by atoms with Crippen molar-refractivity contribution in [2.24, 2.45) is 0 Å². The van der Waals surface area contributed by atoms with Gasteiger partial charge in [0.15, 0.2) is 6.61 Å². The number of ether oxygens (including phenoxy) is 1. The average Bonchev–Trinajstić information content (AvgIpc) is 2.72. The molecular formula is C22H21ClN2O2. The first kappa shape index (κ1) is 18.9. The molecular weight excluding hydrogens is 360 g/mol. The molecule has 0 atom stereocenters. The van der Waals surface area contributed by atoms with E-state index in [1.54, 1.807) is 17.2 Å². The first-order chi connectivity index (χ1) is 13.2. The fraction of sp³-hybridized carbons (Fsp3) is 0.182. The number of aryl methyl sites for hydroxylation is 1. The number of benzene rings is 2. The van der Waals surface area contributed by atoms with Gasteiger partial charge in [0.25, 0.3) is 5.91 Å². The van der Waals surface area contributed by atoms with Gasteiger partial charge in [0, 0.05) is 11.2 Å². The first-order valence-corrected chi connectivity index (χ1v) is 9.21. The van der Waals surface area contributed by atoms with Gasteiger partial charge in [-0.2, -0.15) is 0 Å². The topological polar surface area (TPSA) is 42.4 Å². The Morgan fingerprint density at radius 1 is 1.04 bits per heavy atom. The molecule has 4 nitrogen and oxygen atoms in total. The van der Waals surface area contributed by atoms with Gasteiger partial charge in [-0.05, 0) is 47.9 Å².